The Hall–Kier alpha value is -2.86. The van der Waals surface area contributed by atoms with E-state index in [0.717, 1.165) is 33.9 Å². The summed E-state index contributed by atoms with van der Waals surface area (Å²) < 4.78 is 23.6. The largest absolute Gasteiger partial charge is 0.497 e. The zero-order valence-corrected chi connectivity index (χ0v) is 14.2. The number of H-pyrrole nitrogens is 1. The van der Waals surface area contributed by atoms with Crippen molar-refractivity contribution in [2.75, 3.05) is 14.2 Å². The molecule has 2 aromatic carbocycles. The Morgan fingerprint density at radius 1 is 1.00 bits per heavy atom. The molecule has 3 rings (SSSR count). The van der Waals surface area contributed by atoms with Gasteiger partial charge in [0.25, 0.3) is 0 Å². The number of hydrogen-bond donors (Lipinski definition) is 2. The molecule has 0 aliphatic heterocycles. The summed E-state index contributed by atoms with van der Waals surface area (Å²) in [6, 6.07) is 12.1. The van der Waals surface area contributed by atoms with Gasteiger partial charge in [-0.25, -0.2) is 4.39 Å². The summed E-state index contributed by atoms with van der Waals surface area (Å²) in [5, 5.41) is 10.5. The van der Waals surface area contributed by atoms with Crippen molar-refractivity contribution in [1.82, 2.24) is 15.5 Å². The van der Waals surface area contributed by atoms with Crippen molar-refractivity contribution in [1.29, 1.82) is 0 Å². The fourth-order valence-corrected chi connectivity index (χ4v) is 2.62. The van der Waals surface area contributed by atoms with E-state index in [-0.39, 0.29) is 5.82 Å². The first-order valence-electron chi connectivity index (χ1n) is 7.90. The highest BCUT2D eigenvalue weighted by Gasteiger charge is 2.08. The number of rotatable bonds is 7. The van der Waals surface area contributed by atoms with Gasteiger partial charge in [0.15, 0.2) is 0 Å². The van der Waals surface area contributed by atoms with E-state index in [1.807, 2.05) is 18.2 Å². The van der Waals surface area contributed by atoms with E-state index in [1.165, 1.54) is 12.1 Å². The second kappa shape index (κ2) is 7.81. The molecule has 0 unspecified atom stereocenters. The Morgan fingerprint density at radius 3 is 2.32 bits per heavy atom. The summed E-state index contributed by atoms with van der Waals surface area (Å²) in [5.41, 5.74) is 3.86. The number of aromatic nitrogens is 2. The summed E-state index contributed by atoms with van der Waals surface area (Å²) in [6.45, 7) is 1.28. The number of halogens is 1. The highest BCUT2D eigenvalue weighted by Crippen LogP contribution is 2.23. The molecule has 3 aromatic rings. The molecule has 0 aliphatic rings. The lowest BCUT2D eigenvalue weighted by atomic mass is 10.1. The predicted octanol–water partition coefficient (Wildman–Crippen LogP) is 3.52. The third-order valence-corrected chi connectivity index (χ3v) is 3.91. The molecule has 0 bridgehead atoms. The van der Waals surface area contributed by atoms with Gasteiger partial charge in [0, 0.05) is 30.3 Å². The van der Waals surface area contributed by atoms with Crippen LogP contribution in [0.2, 0.25) is 0 Å². The smallest absolute Gasteiger partial charge is 0.123 e. The average molecular weight is 341 g/mol. The number of nitrogens with one attached hydrogen (secondary N) is 2. The van der Waals surface area contributed by atoms with Gasteiger partial charge in [-0.15, -0.1) is 0 Å². The molecule has 0 fully saturated rings. The first kappa shape index (κ1) is 17.0. The lowest BCUT2D eigenvalue weighted by molar-refractivity contribution is 0.393. The zero-order chi connectivity index (χ0) is 17.6. The van der Waals surface area contributed by atoms with Crippen molar-refractivity contribution in [3.05, 3.63) is 65.6 Å². The Bertz CT molecular complexity index is 809. The lowest BCUT2D eigenvalue weighted by Crippen LogP contribution is -2.13. The van der Waals surface area contributed by atoms with Crippen molar-refractivity contribution >= 4 is 0 Å². The van der Waals surface area contributed by atoms with Crippen LogP contribution in [0.1, 0.15) is 11.1 Å². The minimum atomic E-state index is -0.255. The van der Waals surface area contributed by atoms with Gasteiger partial charge in [0.2, 0.25) is 0 Å². The first-order chi connectivity index (χ1) is 12.2. The summed E-state index contributed by atoms with van der Waals surface area (Å²) >= 11 is 0. The fraction of sp³-hybridized carbons (Fsp3) is 0.211. The van der Waals surface area contributed by atoms with Crippen LogP contribution in [0.3, 0.4) is 0 Å². The van der Waals surface area contributed by atoms with Gasteiger partial charge in [-0.1, -0.05) is 0 Å². The van der Waals surface area contributed by atoms with Crippen molar-refractivity contribution in [2.24, 2.45) is 0 Å². The molecule has 0 atom stereocenters. The van der Waals surface area contributed by atoms with Crippen LogP contribution in [-0.4, -0.2) is 24.4 Å². The average Bonchev–Trinajstić information content (AvgIpc) is 3.10. The quantitative estimate of drug-likeness (QED) is 0.690. The van der Waals surface area contributed by atoms with Gasteiger partial charge in [0.1, 0.15) is 17.3 Å². The van der Waals surface area contributed by atoms with Crippen molar-refractivity contribution in [2.45, 2.75) is 13.1 Å². The Kier molecular flexibility index (Phi) is 5.30. The lowest BCUT2D eigenvalue weighted by Gasteiger charge is -2.10. The monoisotopic (exact) mass is 341 g/mol. The molecule has 0 saturated heterocycles. The second-order valence-corrected chi connectivity index (χ2v) is 5.60. The fourth-order valence-electron chi connectivity index (χ4n) is 2.62. The van der Waals surface area contributed by atoms with E-state index in [4.69, 9.17) is 9.47 Å². The molecule has 0 aliphatic carbocycles. The van der Waals surface area contributed by atoms with Crippen LogP contribution in [0.15, 0.2) is 48.7 Å². The Labute approximate surface area is 145 Å². The predicted molar refractivity (Wildman–Crippen MR) is 94.1 cm³/mol. The molecule has 5 nitrogen and oxygen atoms in total. The second-order valence-electron chi connectivity index (χ2n) is 5.60. The molecule has 2 N–H and O–H groups in total. The van der Waals surface area contributed by atoms with Crippen LogP contribution >= 0.6 is 0 Å². The topological polar surface area (TPSA) is 59.2 Å². The molecule has 25 heavy (non-hydrogen) atoms. The van der Waals surface area contributed by atoms with E-state index in [0.29, 0.717) is 13.1 Å². The number of aromatic amines is 1. The SMILES string of the molecule is COc1cc(CNCc2cn[nH]c2-c2ccc(F)cc2)cc(OC)c1. The van der Waals surface area contributed by atoms with Gasteiger partial charge in [-0.2, -0.15) is 5.10 Å². The molecule has 6 heteroatoms. The number of nitrogens with zero attached hydrogens (tertiary/aromatic N) is 1. The van der Waals surface area contributed by atoms with Crippen LogP contribution in [-0.2, 0) is 13.1 Å². The van der Waals surface area contributed by atoms with Crippen molar-refractivity contribution in [3.63, 3.8) is 0 Å². The molecule has 0 radical (unpaired) electrons. The molecule has 0 spiro atoms. The van der Waals surface area contributed by atoms with Gasteiger partial charge < -0.3 is 14.8 Å². The Morgan fingerprint density at radius 2 is 1.68 bits per heavy atom. The summed E-state index contributed by atoms with van der Waals surface area (Å²) in [4.78, 5) is 0. The van der Waals surface area contributed by atoms with Crippen molar-refractivity contribution < 1.29 is 13.9 Å². The van der Waals surface area contributed by atoms with Crippen molar-refractivity contribution in [3.8, 4) is 22.8 Å². The number of ether oxygens (including phenoxy) is 2. The molecule has 130 valence electrons. The summed E-state index contributed by atoms with van der Waals surface area (Å²) in [6.07, 6.45) is 1.78. The summed E-state index contributed by atoms with van der Waals surface area (Å²) in [5.74, 6) is 1.26. The van der Waals surface area contributed by atoms with Gasteiger partial charge in [-0.3, -0.25) is 5.10 Å². The maximum absolute atomic E-state index is 13.1. The number of hydrogen-bond acceptors (Lipinski definition) is 4. The Balaban J connectivity index is 1.67. The normalized spacial score (nSPS) is 10.7. The zero-order valence-electron chi connectivity index (χ0n) is 14.2. The number of methoxy groups -OCH3 is 2. The van der Waals surface area contributed by atoms with Crippen LogP contribution in [0.4, 0.5) is 4.39 Å². The standard InChI is InChI=1S/C19H20FN3O2/c1-24-17-7-13(8-18(9-17)25-2)10-21-11-15-12-22-23-19(15)14-3-5-16(20)6-4-14/h3-9,12,21H,10-11H2,1-2H3,(H,22,23). The molecular formula is C19H20FN3O2. The van der Waals surface area contributed by atoms with E-state index >= 15 is 0 Å². The van der Waals surface area contributed by atoms with Crippen LogP contribution in [0, 0.1) is 5.82 Å². The van der Waals surface area contributed by atoms with Crippen LogP contribution in [0.25, 0.3) is 11.3 Å². The maximum Gasteiger partial charge on any atom is 0.123 e. The summed E-state index contributed by atoms with van der Waals surface area (Å²) in [7, 11) is 3.26. The third-order valence-electron chi connectivity index (χ3n) is 3.91. The van der Waals surface area contributed by atoms with E-state index in [2.05, 4.69) is 15.5 Å². The number of benzene rings is 2. The first-order valence-corrected chi connectivity index (χ1v) is 7.90. The van der Waals surface area contributed by atoms with Crippen LogP contribution in [0.5, 0.6) is 11.5 Å². The van der Waals surface area contributed by atoms with Crippen LogP contribution < -0.4 is 14.8 Å². The van der Waals surface area contributed by atoms with E-state index in [1.54, 1.807) is 32.5 Å². The highest BCUT2D eigenvalue weighted by atomic mass is 19.1. The van der Waals surface area contributed by atoms with Gasteiger partial charge >= 0.3 is 0 Å². The molecular weight excluding hydrogens is 321 g/mol. The minimum Gasteiger partial charge on any atom is -0.497 e. The molecule has 0 saturated carbocycles. The molecule has 1 aromatic heterocycles. The van der Waals surface area contributed by atoms with E-state index < -0.39 is 0 Å². The highest BCUT2D eigenvalue weighted by molar-refractivity contribution is 5.62. The minimum absolute atomic E-state index is 0.255. The van der Waals surface area contributed by atoms with Gasteiger partial charge in [-0.05, 0) is 42.0 Å². The maximum atomic E-state index is 13.1. The van der Waals surface area contributed by atoms with E-state index in [9.17, 15) is 4.39 Å². The molecule has 0 amide bonds. The van der Waals surface area contributed by atoms with Gasteiger partial charge in [0.05, 0.1) is 26.1 Å². The third kappa shape index (κ3) is 4.16. The molecule has 1 heterocycles.